The third-order valence-corrected chi connectivity index (χ3v) is 10.1. The van der Waals surface area contributed by atoms with Crippen LogP contribution in [0.3, 0.4) is 0 Å². The monoisotopic (exact) mass is 574 g/mol. The first-order valence-corrected chi connectivity index (χ1v) is 14.8. The van der Waals surface area contributed by atoms with Gasteiger partial charge in [-0.3, -0.25) is 0 Å². The van der Waals surface area contributed by atoms with Crippen LogP contribution >= 0.6 is 78.1 Å². The molecule has 1 aromatic carbocycles. The summed E-state index contributed by atoms with van der Waals surface area (Å²) in [5.74, 6) is 2.37. The van der Waals surface area contributed by atoms with E-state index in [0.29, 0.717) is 0 Å². The second kappa shape index (κ2) is 11.6. The Hall–Kier alpha value is 0.280. The van der Waals surface area contributed by atoms with Crippen molar-refractivity contribution in [2.45, 2.75) is 49.3 Å². The topological polar surface area (TPSA) is 0 Å². The first-order valence-electron chi connectivity index (χ1n) is 9.57. The molecule has 2 heterocycles. The quantitative estimate of drug-likeness (QED) is 0.174. The zero-order chi connectivity index (χ0) is 19.9. The van der Waals surface area contributed by atoms with E-state index in [-0.39, 0.29) is 0 Å². The van der Waals surface area contributed by atoms with Crippen LogP contribution in [-0.4, -0.2) is 11.5 Å². The van der Waals surface area contributed by atoms with Crippen LogP contribution < -0.4 is 0 Å². The Labute approximate surface area is 202 Å². The summed E-state index contributed by atoms with van der Waals surface area (Å²) in [6.07, 6.45) is 5.03. The number of rotatable bonds is 10. The Kier molecular flexibility index (Phi) is 9.52. The number of thiophene rings is 2. The summed E-state index contributed by atoms with van der Waals surface area (Å²) in [7, 11) is 0. The summed E-state index contributed by atoms with van der Waals surface area (Å²) in [5, 5.41) is 0. The van der Waals surface area contributed by atoms with E-state index in [1.807, 2.05) is 46.2 Å². The lowest BCUT2D eigenvalue weighted by atomic mass is 10.1. The Balaban J connectivity index is 1.81. The number of hydrogen-bond acceptors (Lipinski definition) is 4. The normalized spacial score (nSPS) is 11.3. The highest BCUT2D eigenvalue weighted by Crippen LogP contribution is 2.44. The zero-order valence-corrected chi connectivity index (χ0v) is 22.5. The standard InChI is InChI=1S/C22H24Br2S4/c1-3-5-11-25-17-13-19(23)27-21(17)15-7-9-16(10-8-15)22-18(14-20(24)28-22)26-12-6-4-2/h7-10,13-14H,3-6,11-12H2,1-2H3. The van der Waals surface area contributed by atoms with Crippen LogP contribution in [-0.2, 0) is 0 Å². The van der Waals surface area contributed by atoms with Gasteiger partial charge in [-0.2, -0.15) is 0 Å². The van der Waals surface area contributed by atoms with Crippen LogP contribution in [0.2, 0.25) is 0 Å². The average molecular weight is 577 g/mol. The molecule has 0 aliphatic heterocycles. The number of hydrogen-bond donors (Lipinski definition) is 0. The van der Waals surface area contributed by atoms with Crippen LogP contribution in [0.4, 0.5) is 0 Å². The lowest BCUT2D eigenvalue weighted by Crippen LogP contribution is -1.82. The van der Waals surface area contributed by atoms with Gasteiger partial charge in [0.15, 0.2) is 0 Å². The van der Waals surface area contributed by atoms with Crippen molar-refractivity contribution in [1.29, 1.82) is 0 Å². The Morgan fingerprint density at radius 2 is 1.11 bits per heavy atom. The molecule has 3 rings (SSSR count). The SMILES string of the molecule is CCCCSc1cc(Br)sc1-c1ccc(-c2sc(Br)cc2SCCCC)cc1. The van der Waals surface area contributed by atoms with Crippen LogP contribution in [0.5, 0.6) is 0 Å². The zero-order valence-electron chi connectivity index (χ0n) is 16.1. The summed E-state index contributed by atoms with van der Waals surface area (Å²) in [5.41, 5.74) is 2.63. The predicted molar refractivity (Wildman–Crippen MR) is 140 cm³/mol. The summed E-state index contributed by atoms with van der Waals surface area (Å²) in [6, 6.07) is 13.7. The van der Waals surface area contributed by atoms with Crippen LogP contribution in [0, 0.1) is 0 Å². The first-order chi connectivity index (χ1) is 13.6. The molecule has 0 N–H and O–H groups in total. The summed E-state index contributed by atoms with van der Waals surface area (Å²) in [6.45, 7) is 4.50. The minimum atomic E-state index is 1.19. The van der Waals surface area contributed by atoms with Crippen molar-refractivity contribution in [3.05, 3.63) is 44.0 Å². The van der Waals surface area contributed by atoms with Gasteiger partial charge < -0.3 is 0 Å². The molecule has 6 heteroatoms. The van der Waals surface area contributed by atoms with Gasteiger partial charge in [-0.15, -0.1) is 46.2 Å². The second-order valence-electron chi connectivity index (χ2n) is 6.47. The van der Waals surface area contributed by atoms with Crippen molar-refractivity contribution in [1.82, 2.24) is 0 Å². The van der Waals surface area contributed by atoms with Crippen LogP contribution in [0.15, 0.2) is 53.8 Å². The van der Waals surface area contributed by atoms with Gasteiger partial charge in [-0.1, -0.05) is 51.0 Å². The van der Waals surface area contributed by atoms with E-state index in [1.165, 1.54) is 75.4 Å². The number of halogens is 2. The number of thioether (sulfide) groups is 2. The average Bonchev–Trinajstić information content (AvgIpc) is 3.25. The van der Waals surface area contributed by atoms with Gasteiger partial charge in [0.1, 0.15) is 0 Å². The summed E-state index contributed by atoms with van der Waals surface area (Å²) in [4.78, 5) is 5.55. The Bertz CT molecular complexity index is 807. The second-order valence-corrected chi connectivity index (χ2v) is 13.6. The Morgan fingerprint density at radius 3 is 1.46 bits per heavy atom. The first kappa shape index (κ1) is 23.0. The van der Waals surface area contributed by atoms with Gasteiger partial charge in [0.05, 0.1) is 7.57 Å². The van der Waals surface area contributed by atoms with Crippen molar-refractivity contribution in [3.63, 3.8) is 0 Å². The van der Waals surface area contributed by atoms with Crippen LogP contribution in [0.1, 0.15) is 39.5 Å². The van der Waals surface area contributed by atoms with E-state index in [1.54, 1.807) is 0 Å². The molecule has 0 nitrogen and oxygen atoms in total. The van der Waals surface area contributed by atoms with Crippen LogP contribution in [0.25, 0.3) is 20.9 Å². The Morgan fingerprint density at radius 1 is 0.714 bits per heavy atom. The minimum absolute atomic E-state index is 1.19. The maximum Gasteiger partial charge on any atom is 0.0716 e. The molecule has 0 bridgehead atoms. The third-order valence-electron chi connectivity index (χ3n) is 4.26. The maximum atomic E-state index is 3.68. The highest BCUT2D eigenvalue weighted by Gasteiger charge is 2.13. The molecule has 0 spiro atoms. The molecule has 0 unspecified atom stereocenters. The molecular weight excluding hydrogens is 552 g/mol. The van der Waals surface area contributed by atoms with E-state index in [2.05, 4.69) is 82.1 Å². The fourth-order valence-corrected chi connectivity index (χ4v) is 9.00. The minimum Gasteiger partial charge on any atom is -0.127 e. The molecule has 150 valence electrons. The molecule has 28 heavy (non-hydrogen) atoms. The molecule has 0 fully saturated rings. The largest absolute Gasteiger partial charge is 0.127 e. The molecule has 3 aromatic rings. The number of unbranched alkanes of at least 4 members (excludes halogenated alkanes) is 2. The maximum absolute atomic E-state index is 3.68. The predicted octanol–water partition coefficient (Wildman–Crippen LogP) is 10.5. The van der Waals surface area contributed by atoms with Crippen molar-refractivity contribution in [2.75, 3.05) is 11.5 Å². The molecular formula is C22H24Br2S4. The highest BCUT2D eigenvalue weighted by molar-refractivity contribution is 9.11. The smallest absolute Gasteiger partial charge is 0.0716 e. The van der Waals surface area contributed by atoms with E-state index in [0.717, 1.165) is 0 Å². The van der Waals surface area contributed by atoms with E-state index in [4.69, 9.17) is 0 Å². The third kappa shape index (κ3) is 6.14. The molecule has 0 aliphatic rings. The summed E-state index contributed by atoms with van der Waals surface area (Å²) < 4.78 is 2.42. The van der Waals surface area contributed by atoms with Crippen molar-refractivity contribution < 1.29 is 0 Å². The van der Waals surface area contributed by atoms with Crippen molar-refractivity contribution in [2.24, 2.45) is 0 Å². The van der Waals surface area contributed by atoms with Gasteiger partial charge in [0, 0.05) is 19.5 Å². The van der Waals surface area contributed by atoms with Gasteiger partial charge in [0.2, 0.25) is 0 Å². The molecule has 0 radical (unpaired) electrons. The lowest BCUT2D eigenvalue weighted by molar-refractivity contribution is 0.896. The van der Waals surface area contributed by atoms with E-state index >= 15 is 0 Å². The van der Waals surface area contributed by atoms with E-state index in [9.17, 15) is 0 Å². The molecule has 0 aliphatic carbocycles. The van der Waals surface area contributed by atoms with Gasteiger partial charge in [-0.25, -0.2) is 0 Å². The lowest BCUT2D eigenvalue weighted by Gasteiger charge is -2.07. The van der Waals surface area contributed by atoms with Gasteiger partial charge in [-0.05, 0) is 79.5 Å². The summed E-state index contributed by atoms with van der Waals surface area (Å²) >= 11 is 15.0. The molecule has 0 saturated heterocycles. The molecule has 0 amide bonds. The van der Waals surface area contributed by atoms with Crippen molar-refractivity contribution in [3.8, 4) is 20.9 Å². The van der Waals surface area contributed by atoms with Crippen molar-refractivity contribution >= 4 is 78.1 Å². The van der Waals surface area contributed by atoms with Gasteiger partial charge in [0.25, 0.3) is 0 Å². The fourth-order valence-electron chi connectivity index (χ4n) is 2.73. The highest BCUT2D eigenvalue weighted by atomic mass is 79.9. The fraction of sp³-hybridized carbons (Fsp3) is 0.364. The molecule has 2 aromatic heterocycles. The van der Waals surface area contributed by atoms with Gasteiger partial charge >= 0.3 is 0 Å². The number of benzene rings is 1. The van der Waals surface area contributed by atoms with E-state index < -0.39 is 0 Å². The molecule has 0 atom stereocenters. The molecule has 0 saturated carbocycles.